The van der Waals surface area contributed by atoms with Crippen molar-refractivity contribution in [3.63, 3.8) is 0 Å². The van der Waals surface area contributed by atoms with Crippen LogP contribution in [-0.2, 0) is 9.53 Å². The molecule has 0 aliphatic rings. The highest BCUT2D eigenvalue weighted by molar-refractivity contribution is 6.04. The summed E-state index contributed by atoms with van der Waals surface area (Å²) in [4.78, 5) is 23.2. The van der Waals surface area contributed by atoms with Gasteiger partial charge < -0.3 is 14.5 Å². The molecule has 5 nitrogen and oxygen atoms in total. The first kappa shape index (κ1) is 15.6. The number of amides is 1. The van der Waals surface area contributed by atoms with Crippen molar-refractivity contribution in [2.45, 2.75) is 13.8 Å². The van der Waals surface area contributed by atoms with Gasteiger partial charge in [0.2, 0.25) is 0 Å². The first-order valence-electron chi connectivity index (χ1n) is 6.90. The second-order valence-electron chi connectivity index (χ2n) is 4.55. The molecule has 1 aromatic heterocycles. The molecule has 0 bridgehead atoms. The molecule has 5 heteroatoms. The van der Waals surface area contributed by atoms with Crippen LogP contribution >= 0.6 is 0 Å². The van der Waals surface area contributed by atoms with Gasteiger partial charge in [-0.25, -0.2) is 4.79 Å². The van der Waals surface area contributed by atoms with Gasteiger partial charge in [-0.3, -0.25) is 4.79 Å². The quantitative estimate of drug-likeness (QED) is 0.678. The van der Waals surface area contributed by atoms with Gasteiger partial charge in [-0.1, -0.05) is 12.1 Å². The molecule has 1 amide bonds. The van der Waals surface area contributed by atoms with Gasteiger partial charge in [0.15, 0.2) is 0 Å². The normalized spacial score (nSPS) is 10.6. The van der Waals surface area contributed by atoms with Crippen LogP contribution in [0.4, 0.5) is 5.69 Å². The van der Waals surface area contributed by atoms with E-state index in [4.69, 9.17) is 9.15 Å². The zero-order valence-electron chi connectivity index (χ0n) is 12.5. The van der Waals surface area contributed by atoms with E-state index in [1.165, 1.54) is 12.3 Å². The Morgan fingerprint density at radius 3 is 2.55 bits per heavy atom. The summed E-state index contributed by atoms with van der Waals surface area (Å²) < 4.78 is 9.90. The number of anilines is 1. The molecule has 0 saturated carbocycles. The average Bonchev–Trinajstić information content (AvgIpc) is 2.93. The molecule has 0 aliphatic carbocycles. The van der Waals surface area contributed by atoms with Gasteiger partial charge in [0.05, 0.1) is 18.4 Å². The maximum Gasteiger partial charge on any atom is 0.330 e. The Balaban J connectivity index is 1.99. The summed E-state index contributed by atoms with van der Waals surface area (Å²) >= 11 is 0. The van der Waals surface area contributed by atoms with E-state index >= 15 is 0 Å². The Morgan fingerprint density at radius 1 is 1.23 bits per heavy atom. The van der Waals surface area contributed by atoms with E-state index in [9.17, 15) is 9.59 Å². The van der Waals surface area contributed by atoms with Gasteiger partial charge in [-0.2, -0.15) is 0 Å². The Morgan fingerprint density at radius 2 is 1.95 bits per heavy atom. The standard InChI is InChI=1S/C17H17NO4/c1-3-21-16(19)9-6-13-4-7-14(8-5-13)18-17(20)15-10-11-22-12(15)2/h4-11H,3H2,1-2H3,(H,18,20). The zero-order chi connectivity index (χ0) is 15.9. The number of furan rings is 1. The number of aryl methyl sites for hydroxylation is 1. The topological polar surface area (TPSA) is 68.5 Å². The van der Waals surface area contributed by atoms with E-state index in [1.807, 2.05) is 0 Å². The third kappa shape index (κ3) is 4.09. The lowest BCUT2D eigenvalue weighted by Crippen LogP contribution is -2.11. The zero-order valence-corrected chi connectivity index (χ0v) is 12.5. The van der Waals surface area contributed by atoms with Gasteiger partial charge in [0.1, 0.15) is 5.76 Å². The molecule has 2 rings (SSSR count). The molecule has 0 saturated heterocycles. The number of carbonyl (C=O) groups is 2. The Bertz CT molecular complexity index is 683. The second kappa shape index (κ2) is 7.26. The van der Waals surface area contributed by atoms with Gasteiger partial charge in [0, 0.05) is 11.8 Å². The highest BCUT2D eigenvalue weighted by Gasteiger charge is 2.11. The molecule has 0 fully saturated rings. The monoisotopic (exact) mass is 299 g/mol. The van der Waals surface area contributed by atoms with Crippen LogP contribution < -0.4 is 5.32 Å². The number of benzene rings is 1. The molecule has 1 N–H and O–H groups in total. The first-order valence-corrected chi connectivity index (χ1v) is 6.90. The molecule has 0 spiro atoms. The van der Waals surface area contributed by atoms with Crippen molar-refractivity contribution in [2.75, 3.05) is 11.9 Å². The molecule has 114 valence electrons. The molecule has 22 heavy (non-hydrogen) atoms. The third-order valence-electron chi connectivity index (χ3n) is 2.97. The molecule has 2 aromatic rings. The van der Waals surface area contributed by atoms with Crippen molar-refractivity contribution in [2.24, 2.45) is 0 Å². The minimum absolute atomic E-state index is 0.221. The van der Waals surface area contributed by atoms with Crippen molar-refractivity contribution >= 4 is 23.6 Å². The molecule has 0 radical (unpaired) electrons. The summed E-state index contributed by atoms with van der Waals surface area (Å²) in [6.45, 7) is 3.84. The van der Waals surface area contributed by atoms with E-state index < -0.39 is 0 Å². The van der Waals surface area contributed by atoms with Crippen LogP contribution in [0.2, 0.25) is 0 Å². The number of hydrogen-bond acceptors (Lipinski definition) is 4. The van der Waals surface area contributed by atoms with Gasteiger partial charge >= 0.3 is 5.97 Å². The van der Waals surface area contributed by atoms with Crippen LogP contribution in [0.25, 0.3) is 6.08 Å². The maximum atomic E-state index is 12.0. The summed E-state index contributed by atoms with van der Waals surface area (Å²) in [5, 5.41) is 2.78. The van der Waals surface area contributed by atoms with E-state index in [0.717, 1.165) is 5.56 Å². The number of hydrogen-bond donors (Lipinski definition) is 1. The minimum atomic E-state index is -0.379. The number of carbonyl (C=O) groups excluding carboxylic acids is 2. The van der Waals surface area contributed by atoms with Gasteiger partial charge in [-0.05, 0) is 43.7 Å². The molecule has 1 heterocycles. The van der Waals surface area contributed by atoms with Gasteiger partial charge in [-0.15, -0.1) is 0 Å². The van der Waals surface area contributed by atoms with Gasteiger partial charge in [0.25, 0.3) is 5.91 Å². The number of ether oxygens (including phenoxy) is 1. The van der Waals surface area contributed by atoms with Crippen molar-refractivity contribution in [1.82, 2.24) is 0 Å². The maximum absolute atomic E-state index is 12.0. The molecular formula is C17H17NO4. The van der Waals surface area contributed by atoms with Crippen LogP contribution in [0.1, 0.15) is 28.6 Å². The fourth-order valence-corrected chi connectivity index (χ4v) is 1.85. The van der Waals surface area contributed by atoms with Crippen LogP contribution in [0.5, 0.6) is 0 Å². The predicted molar refractivity (Wildman–Crippen MR) is 83.5 cm³/mol. The molecular weight excluding hydrogens is 282 g/mol. The highest BCUT2D eigenvalue weighted by atomic mass is 16.5. The van der Waals surface area contributed by atoms with Crippen molar-refractivity contribution < 1.29 is 18.7 Å². The highest BCUT2D eigenvalue weighted by Crippen LogP contribution is 2.14. The largest absolute Gasteiger partial charge is 0.469 e. The summed E-state index contributed by atoms with van der Waals surface area (Å²) in [5.41, 5.74) is 2.01. The van der Waals surface area contributed by atoms with Crippen LogP contribution in [0, 0.1) is 6.92 Å². The van der Waals surface area contributed by atoms with Crippen molar-refractivity contribution in [3.05, 3.63) is 59.6 Å². The minimum Gasteiger partial charge on any atom is -0.469 e. The molecule has 0 atom stereocenters. The number of rotatable bonds is 5. The van der Waals surface area contributed by atoms with E-state index in [-0.39, 0.29) is 11.9 Å². The Kier molecular flexibility index (Phi) is 5.14. The lowest BCUT2D eigenvalue weighted by Gasteiger charge is -2.04. The molecule has 1 aromatic carbocycles. The van der Waals surface area contributed by atoms with Crippen LogP contribution in [0.3, 0.4) is 0 Å². The Hall–Kier alpha value is -2.82. The molecule has 0 aliphatic heterocycles. The number of esters is 1. The third-order valence-corrected chi connectivity index (χ3v) is 2.97. The lowest BCUT2D eigenvalue weighted by atomic mass is 10.2. The Labute approximate surface area is 128 Å². The fourth-order valence-electron chi connectivity index (χ4n) is 1.85. The number of nitrogens with one attached hydrogen (secondary N) is 1. The summed E-state index contributed by atoms with van der Waals surface area (Å²) in [6.07, 6.45) is 4.50. The van der Waals surface area contributed by atoms with E-state index in [1.54, 1.807) is 50.3 Å². The predicted octanol–water partition coefficient (Wildman–Crippen LogP) is 3.42. The smallest absolute Gasteiger partial charge is 0.330 e. The second-order valence-corrected chi connectivity index (χ2v) is 4.55. The van der Waals surface area contributed by atoms with E-state index in [2.05, 4.69) is 5.32 Å². The summed E-state index contributed by atoms with van der Waals surface area (Å²) in [6, 6.07) is 8.75. The van der Waals surface area contributed by atoms with Crippen LogP contribution in [0.15, 0.2) is 47.1 Å². The molecule has 0 unspecified atom stereocenters. The van der Waals surface area contributed by atoms with E-state index in [0.29, 0.717) is 23.6 Å². The fraction of sp³-hybridized carbons (Fsp3) is 0.176. The lowest BCUT2D eigenvalue weighted by molar-refractivity contribution is -0.137. The summed E-state index contributed by atoms with van der Waals surface area (Å²) in [7, 11) is 0. The SMILES string of the molecule is CCOC(=O)C=Cc1ccc(NC(=O)c2ccoc2C)cc1. The van der Waals surface area contributed by atoms with Crippen molar-refractivity contribution in [1.29, 1.82) is 0 Å². The summed E-state index contributed by atoms with van der Waals surface area (Å²) in [5.74, 6) is -0.0251. The van der Waals surface area contributed by atoms with Crippen LogP contribution in [-0.4, -0.2) is 18.5 Å². The average molecular weight is 299 g/mol. The van der Waals surface area contributed by atoms with Crippen molar-refractivity contribution in [3.8, 4) is 0 Å². The first-order chi connectivity index (χ1) is 10.6.